The minimum atomic E-state index is -0.517. The maximum atomic E-state index is 8.97. The Balaban J connectivity index is 3.06. The van der Waals surface area contributed by atoms with Gasteiger partial charge in [0.1, 0.15) is 0 Å². The summed E-state index contributed by atoms with van der Waals surface area (Å²) in [5.74, 6) is 0. The third-order valence-electron chi connectivity index (χ3n) is 1.13. The Morgan fingerprint density at radius 3 is 2.90 bits per heavy atom. The van der Waals surface area contributed by atoms with E-state index in [1.807, 2.05) is 13.0 Å². The predicted molar refractivity (Wildman–Crippen MR) is 37.3 cm³/mol. The summed E-state index contributed by atoms with van der Waals surface area (Å²) in [6.07, 6.45) is 0.241. The van der Waals surface area contributed by atoms with Crippen LogP contribution in [0.3, 0.4) is 0 Å². The largest absolute Gasteiger partial charge is 0.392 e. The van der Waals surface area contributed by atoms with Crippen molar-refractivity contribution in [3.63, 3.8) is 0 Å². The number of ether oxygens (including phenoxy) is 1. The van der Waals surface area contributed by atoms with E-state index in [-0.39, 0.29) is 6.42 Å². The maximum absolute atomic E-state index is 8.97. The Morgan fingerprint density at radius 1 is 1.70 bits per heavy atom. The first-order valence-electron chi connectivity index (χ1n) is 3.44. The van der Waals surface area contributed by atoms with E-state index in [9.17, 15) is 0 Å². The molecule has 1 atom stereocenters. The van der Waals surface area contributed by atoms with E-state index < -0.39 is 6.10 Å². The van der Waals surface area contributed by atoms with Crippen LogP contribution >= 0.6 is 0 Å². The SMILES string of the molecule is CCOCCC(O)CC#N. The fraction of sp³-hybridized carbons (Fsp3) is 0.857. The second-order valence-corrected chi connectivity index (χ2v) is 2.00. The molecule has 0 aromatic heterocycles. The lowest BCUT2D eigenvalue weighted by atomic mass is 10.2. The molecule has 0 radical (unpaired) electrons. The van der Waals surface area contributed by atoms with Crippen molar-refractivity contribution in [3.8, 4) is 6.07 Å². The Kier molecular flexibility index (Phi) is 6.14. The molecule has 0 saturated carbocycles. The zero-order chi connectivity index (χ0) is 7.82. The summed E-state index contributed by atoms with van der Waals surface area (Å²) in [4.78, 5) is 0. The van der Waals surface area contributed by atoms with Gasteiger partial charge in [0.15, 0.2) is 0 Å². The first-order chi connectivity index (χ1) is 4.81. The van der Waals surface area contributed by atoms with Crippen LogP contribution in [0.5, 0.6) is 0 Å². The molecule has 0 bridgehead atoms. The van der Waals surface area contributed by atoms with Crippen LogP contribution in [0.1, 0.15) is 19.8 Å². The fourth-order valence-corrected chi connectivity index (χ4v) is 0.571. The van der Waals surface area contributed by atoms with Crippen LogP contribution in [-0.2, 0) is 4.74 Å². The average molecular weight is 143 g/mol. The van der Waals surface area contributed by atoms with E-state index in [2.05, 4.69) is 0 Å². The van der Waals surface area contributed by atoms with Gasteiger partial charge in [-0.05, 0) is 13.3 Å². The lowest BCUT2D eigenvalue weighted by Gasteiger charge is -2.04. The number of rotatable bonds is 5. The van der Waals surface area contributed by atoms with E-state index >= 15 is 0 Å². The van der Waals surface area contributed by atoms with Crippen LogP contribution < -0.4 is 0 Å². The van der Waals surface area contributed by atoms with Gasteiger partial charge in [0.05, 0.1) is 18.6 Å². The van der Waals surface area contributed by atoms with Crippen LogP contribution in [0.15, 0.2) is 0 Å². The Morgan fingerprint density at radius 2 is 2.40 bits per heavy atom. The van der Waals surface area contributed by atoms with Crippen molar-refractivity contribution in [2.45, 2.75) is 25.9 Å². The summed E-state index contributed by atoms with van der Waals surface area (Å²) in [7, 11) is 0. The summed E-state index contributed by atoms with van der Waals surface area (Å²) in [6.45, 7) is 3.11. The zero-order valence-corrected chi connectivity index (χ0v) is 6.21. The molecule has 0 aliphatic heterocycles. The van der Waals surface area contributed by atoms with Gasteiger partial charge in [-0.25, -0.2) is 0 Å². The quantitative estimate of drug-likeness (QED) is 0.576. The summed E-state index contributed by atoms with van der Waals surface area (Å²) >= 11 is 0. The molecule has 58 valence electrons. The number of hydrogen-bond donors (Lipinski definition) is 1. The number of nitrogens with zero attached hydrogens (tertiary/aromatic N) is 1. The third kappa shape index (κ3) is 5.54. The molecule has 0 saturated heterocycles. The Bertz CT molecular complexity index is 109. The molecule has 0 spiro atoms. The van der Waals surface area contributed by atoms with Crippen LogP contribution in [0.2, 0.25) is 0 Å². The lowest BCUT2D eigenvalue weighted by Crippen LogP contribution is -2.09. The van der Waals surface area contributed by atoms with Crippen LogP contribution in [-0.4, -0.2) is 24.4 Å². The van der Waals surface area contributed by atoms with Gasteiger partial charge in [-0.15, -0.1) is 0 Å². The number of hydrogen-bond acceptors (Lipinski definition) is 3. The average Bonchev–Trinajstić information content (AvgIpc) is 1.89. The van der Waals surface area contributed by atoms with Crippen molar-refractivity contribution in [3.05, 3.63) is 0 Å². The fourth-order valence-electron chi connectivity index (χ4n) is 0.571. The van der Waals surface area contributed by atoms with Crippen molar-refractivity contribution in [2.75, 3.05) is 13.2 Å². The van der Waals surface area contributed by atoms with Gasteiger partial charge in [0, 0.05) is 13.2 Å². The van der Waals surface area contributed by atoms with Crippen LogP contribution in [0.25, 0.3) is 0 Å². The van der Waals surface area contributed by atoms with Gasteiger partial charge in [-0.2, -0.15) is 5.26 Å². The van der Waals surface area contributed by atoms with Crippen LogP contribution in [0, 0.1) is 11.3 Å². The topological polar surface area (TPSA) is 53.2 Å². The molecular weight excluding hydrogens is 130 g/mol. The molecule has 1 unspecified atom stereocenters. The van der Waals surface area contributed by atoms with E-state index in [1.165, 1.54) is 0 Å². The van der Waals surface area contributed by atoms with Crippen molar-refractivity contribution in [1.82, 2.24) is 0 Å². The highest BCUT2D eigenvalue weighted by Crippen LogP contribution is 1.95. The Labute approximate surface area is 61.2 Å². The molecule has 3 heteroatoms. The predicted octanol–water partition coefficient (Wildman–Crippen LogP) is 0.688. The normalized spacial score (nSPS) is 12.5. The molecule has 1 N–H and O–H groups in total. The van der Waals surface area contributed by atoms with E-state index in [0.717, 1.165) is 0 Å². The molecular formula is C7H13NO2. The second-order valence-electron chi connectivity index (χ2n) is 2.00. The summed E-state index contributed by atoms with van der Waals surface area (Å²) in [5, 5.41) is 17.1. The molecule has 0 aromatic rings. The van der Waals surface area contributed by atoms with Gasteiger partial charge in [-0.1, -0.05) is 0 Å². The standard InChI is InChI=1S/C7H13NO2/c1-2-10-6-4-7(9)3-5-8/h7,9H,2-4,6H2,1H3. The van der Waals surface area contributed by atoms with Crippen molar-refractivity contribution in [2.24, 2.45) is 0 Å². The smallest absolute Gasteiger partial charge is 0.0692 e. The van der Waals surface area contributed by atoms with Crippen LogP contribution in [0.4, 0.5) is 0 Å². The molecule has 10 heavy (non-hydrogen) atoms. The van der Waals surface area contributed by atoms with E-state index in [4.69, 9.17) is 15.1 Å². The molecule has 3 nitrogen and oxygen atoms in total. The summed E-state index contributed by atoms with van der Waals surface area (Å²) in [5.41, 5.74) is 0. The highest BCUT2D eigenvalue weighted by molar-refractivity contribution is 4.74. The molecule has 0 aliphatic carbocycles. The second kappa shape index (κ2) is 6.53. The maximum Gasteiger partial charge on any atom is 0.0692 e. The number of nitriles is 1. The molecule has 0 aliphatic rings. The molecule has 0 rings (SSSR count). The van der Waals surface area contributed by atoms with E-state index in [1.54, 1.807) is 0 Å². The van der Waals surface area contributed by atoms with Gasteiger partial charge < -0.3 is 9.84 Å². The minimum absolute atomic E-state index is 0.201. The van der Waals surface area contributed by atoms with Crippen molar-refractivity contribution < 1.29 is 9.84 Å². The summed E-state index contributed by atoms with van der Waals surface area (Å²) in [6, 6.07) is 1.89. The molecule has 0 fully saturated rings. The minimum Gasteiger partial charge on any atom is -0.392 e. The first kappa shape index (κ1) is 9.41. The van der Waals surface area contributed by atoms with Gasteiger partial charge in [0.2, 0.25) is 0 Å². The highest BCUT2D eigenvalue weighted by atomic mass is 16.5. The number of aliphatic hydroxyl groups excluding tert-OH is 1. The zero-order valence-electron chi connectivity index (χ0n) is 6.21. The summed E-state index contributed by atoms with van der Waals surface area (Å²) < 4.78 is 4.98. The van der Waals surface area contributed by atoms with Crippen molar-refractivity contribution >= 4 is 0 Å². The third-order valence-corrected chi connectivity index (χ3v) is 1.13. The first-order valence-corrected chi connectivity index (χ1v) is 3.44. The molecule has 0 heterocycles. The Hall–Kier alpha value is -0.590. The molecule has 0 amide bonds. The lowest BCUT2D eigenvalue weighted by molar-refractivity contribution is 0.0907. The van der Waals surface area contributed by atoms with Gasteiger partial charge in [0.25, 0.3) is 0 Å². The monoisotopic (exact) mass is 143 g/mol. The number of aliphatic hydroxyl groups is 1. The van der Waals surface area contributed by atoms with E-state index in [0.29, 0.717) is 19.6 Å². The van der Waals surface area contributed by atoms with Crippen molar-refractivity contribution in [1.29, 1.82) is 5.26 Å². The van der Waals surface area contributed by atoms with Gasteiger partial charge in [-0.3, -0.25) is 0 Å². The molecule has 0 aromatic carbocycles. The van der Waals surface area contributed by atoms with Gasteiger partial charge >= 0.3 is 0 Å². The highest BCUT2D eigenvalue weighted by Gasteiger charge is 2.00.